The van der Waals surface area contributed by atoms with Crippen molar-refractivity contribution in [3.8, 4) is 0 Å². The second kappa shape index (κ2) is 2.45. The topological polar surface area (TPSA) is 38.8 Å². The van der Waals surface area contributed by atoms with E-state index in [4.69, 9.17) is 0 Å². The zero-order valence-corrected chi connectivity index (χ0v) is 7.21. The number of pyridine rings is 1. The molecule has 0 N–H and O–H groups in total. The highest BCUT2D eigenvalue weighted by Gasteiger charge is 2.00. The van der Waals surface area contributed by atoms with Gasteiger partial charge < -0.3 is 0 Å². The van der Waals surface area contributed by atoms with Gasteiger partial charge >= 0.3 is 0 Å². The van der Waals surface area contributed by atoms with Crippen LogP contribution in [-0.2, 0) is 0 Å². The van der Waals surface area contributed by atoms with E-state index in [1.54, 1.807) is 33.3 Å². The van der Waals surface area contributed by atoms with Crippen LogP contribution in [0, 0.1) is 6.20 Å². The summed E-state index contributed by atoms with van der Waals surface area (Å²) in [5.41, 5.74) is 1.50. The van der Waals surface area contributed by atoms with Crippen molar-refractivity contribution in [1.29, 1.82) is 0 Å². The van der Waals surface area contributed by atoms with Gasteiger partial charge in [-0.3, -0.25) is 9.20 Å². The van der Waals surface area contributed by atoms with Crippen LogP contribution in [0.3, 0.4) is 0 Å². The van der Waals surface area contributed by atoms with E-state index in [-0.39, 0.29) is 5.56 Å². The molecule has 0 unspecified atom stereocenters. The van der Waals surface area contributed by atoms with Crippen LogP contribution in [-0.4, -0.2) is 14.0 Å². The number of hydrogen-bond acceptors (Lipinski definition) is 2. The highest BCUT2D eigenvalue weighted by atomic mass is 16.1. The Morgan fingerprint density at radius 1 is 1.29 bits per heavy atom. The molecule has 0 amide bonds. The first-order valence-electron chi connectivity index (χ1n) is 4.22. The van der Waals surface area contributed by atoms with E-state index in [1.165, 1.54) is 6.07 Å². The van der Waals surface area contributed by atoms with Gasteiger partial charge in [0.15, 0.2) is 0 Å². The first kappa shape index (κ1) is 7.32. The van der Waals surface area contributed by atoms with Crippen LogP contribution >= 0.6 is 0 Å². The first-order valence-corrected chi connectivity index (χ1v) is 4.22. The maximum Gasteiger partial charge on any atom is 0.256 e. The van der Waals surface area contributed by atoms with Gasteiger partial charge in [0.2, 0.25) is 0 Å². The summed E-state index contributed by atoms with van der Waals surface area (Å²) >= 11 is 0. The van der Waals surface area contributed by atoms with Crippen LogP contribution in [0.2, 0.25) is 0 Å². The highest BCUT2D eigenvalue weighted by Crippen LogP contribution is 2.04. The van der Waals surface area contributed by atoms with E-state index < -0.39 is 0 Å². The van der Waals surface area contributed by atoms with Gasteiger partial charge in [-0.15, -0.1) is 0 Å². The second-order valence-corrected chi connectivity index (χ2v) is 3.00. The fourth-order valence-electron chi connectivity index (χ4n) is 1.56. The summed E-state index contributed by atoms with van der Waals surface area (Å²) in [6, 6.07) is 8.65. The maximum atomic E-state index is 11.6. The third-order valence-electron chi connectivity index (χ3n) is 2.17. The van der Waals surface area contributed by atoms with E-state index in [0.717, 1.165) is 11.2 Å². The summed E-state index contributed by atoms with van der Waals surface area (Å²) in [6.07, 6.45) is 4.59. The minimum absolute atomic E-state index is 0.0537. The molecule has 0 aliphatic rings. The normalized spacial score (nSPS) is 11.1. The third-order valence-corrected chi connectivity index (χ3v) is 2.17. The van der Waals surface area contributed by atoms with E-state index in [1.807, 2.05) is 6.07 Å². The molecule has 0 saturated carbocycles. The third kappa shape index (κ3) is 0.821. The zero-order chi connectivity index (χ0) is 9.54. The van der Waals surface area contributed by atoms with Gasteiger partial charge in [-0.1, -0.05) is 6.07 Å². The molecular weight excluding hydrogens is 178 g/mol. The van der Waals surface area contributed by atoms with Crippen LogP contribution in [0.5, 0.6) is 0 Å². The lowest BCUT2D eigenvalue weighted by Crippen LogP contribution is -2.13. The fraction of sp³-hybridized carbons (Fsp3) is 0. The van der Waals surface area contributed by atoms with Crippen molar-refractivity contribution in [3.05, 3.63) is 53.1 Å². The molecule has 4 heteroatoms. The van der Waals surface area contributed by atoms with Crippen LogP contribution < -0.4 is 5.56 Å². The molecule has 0 saturated heterocycles. The molecule has 3 aromatic heterocycles. The Balaban J connectivity index is 2.74. The first-order chi connectivity index (χ1) is 6.86. The minimum Gasteiger partial charge on any atom is -0.269 e. The standard InChI is InChI=1S/C10H6N3O/c14-10-3-1-2-8-5-7-12-9(13(8)10)4-6-11-12/h1-6H. The SMILES string of the molecule is O=c1cccc2c[c]n3nccc3n12. The summed E-state index contributed by atoms with van der Waals surface area (Å²) in [7, 11) is 0. The Bertz CT molecular complexity index is 665. The highest BCUT2D eigenvalue weighted by molar-refractivity contribution is 5.54. The van der Waals surface area contributed by atoms with Gasteiger partial charge in [0.1, 0.15) is 5.65 Å². The Hall–Kier alpha value is -2.10. The van der Waals surface area contributed by atoms with Crippen molar-refractivity contribution < 1.29 is 0 Å². The summed E-state index contributed by atoms with van der Waals surface area (Å²) < 4.78 is 3.15. The maximum absolute atomic E-state index is 11.6. The molecule has 4 nitrogen and oxygen atoms in total. The molecule has 0 fully saturated rings. The van der Waals surface area contributed by atoms with Crippen molar-refractivity contribution in [2.45, 2.75) is 0 Å². The smallest absolute Gasteiger partial charge is 0.256 e. The summed E-state index contributed by atoms with van der Waals surface area (Å²) in [4.78, 5) is 11.6. The lowest BCUT2D eigenvalue weighted by atomic mass is 10.4. The number of hydrogen-bond donors (Lipinski definition) is 0. The van der Waals surface area contributed by atoms with Gasteiger partial charge in [0, 0.05) is 12.1 Å². The summed E-state index contributed by atoms with van der Waals surface area (Å²) in [5, 5.41) is 4.01. The number of nitrogens with zero attached hydrogens (tertiary/aromatic N) is 3. The van der Waals surface area contributed by atoms with Crippen LogP contribution in [0.4, 0.5) is 0 Å². The van der Waals surface area contributed by atoms with Gasteiger partial charge in [-0.05, 0) is 12.1 Å². The van der Waals surface area contributed by atoms with Crippen molar-refractivity contribution in [3.63, 3.8) is 0 Å². The molecule has 0 bridgehead atoms. The van der Waals surface area contributed by atoms with E-state index in [0.29, 0.717) is 0 Å². The quantitative estimate of drug-likeness (QED) is 0.517. The Morgan fingerprint density at radius 3 is 3.14 bits per heavy atom. The second-order valence-electron chi connectivity index (χ2n) is 3.00. The predicted molar refractivity (Wildman–Crippen MR) is 51.3 cm³/mol. The van der Waals surface area contributed by atoms with Crippen molar-refractivity contribution >= 4 is 11.2 Å². The molecule has 3 heterocycles. The largest absolute Gasteiger partial charge is 0.269 e. The minimum atomic E-state index is -0.0537. The Kier molecular flexibility index (Phi) is 1.28. The molecule has 14 heavy (non-hydrogen) atoms. The number of aromatic nitrogens is 3. The molecular formula is C10H6N3O. The zero-order valence-electron chi connectivity index (χ0n) is 7.21. The van der Waals surface area contributed by atoms with Gasteiger partial charge in [-0.2, -0.15) is 5.10 Å². The van der Waals surface area contributed by atoms with Gasteiger partial charge in [-0.25, -0.2) is 4.52 Å². The Labute approximate surface area is 79.0 Å². The Morgan fingerprint density at radius 2 is 2.21 bits per heavy atom. The van der Waals surface area contributed by atoms with E-state index in [2.05, 4.69) is 11.3 Å². The summed E-state index contributed by atoms with van der Waals surface area (Å²) in [6.45, 7) is 0. The molecule has 0 aromatic carbocycles. The van der Waals surface area contributed by atoms with Crippen molar-refractivity contribution in [2.24, 2.45) is 0 Å². The molecule has 0 spiro atoms. The molecule has 1 radical (unpaired) electrons. The molecule has 0 atom stereocenters. The van der Waals surface area contributed by atoms with Crippen molar-refractivity contribution in [1.82, 2.24) is 14.0 Å². The lowest BCUT2D eigenvalue weighted by Gasteiger charge is -2.00. The summed E-state index contributed by atoms with van der Waals surface area (Å²) in [5.74, 6) is 0. The van der Waals surface area contributed by atoms with Crippen LogP contribution in [0.25, 0.3) is 11.2 Å². The molecule has 67 valence electrons. The number of rotatable bonds is 0. The molecule has 0 aliphatic heterocycles. The predicted octanol–water partition coefficient (Wildman–Crippen LogP) is 0.747. The molecule has 0 aliphatic carbocycles. The average Bonchev–Trinajstić information content (AvgIpc) is 2.65. The van der Waals surface area contributed by atoms with Crippen LogP contribution in [0.15, 0.2) is 41.3 Å². The van der Waals surface area contributed by atoms with E-state index >= 15 is 0 Å². The molecule has 3 aromatic rings. The lowest BCUT2D eigenvalue weighted by molar-refractivity contribution is 0.911. The van der Waals surface area contributed by atoms with Crippen LogP contribution in [0.1, 0.15) is 0 Å². The average molecular weight is 184 g/mol. The van der Waals surface area contributed by atoms with Gasteiger partial charge in [0.25, 0.3) is 5.56 Å². The van der Waals surface area contributed by atoms with Crippen molar-refractivity contribution in [2.75, 3.05) is 0 Å². The fourth-order valence-corrected chi connectivity index (χ4v) is 1.56. The van der Waals surface area contributed by atoms with E-state index in [9.17, 15) is 4.79 Å². The monoisotopic (exact) mass is 184 g/mol. The van der Waals surface area contributed by atoms with Gasteiger partial charge in [0.05, 0.1) is 17.9 Å². The number of fused-ring (bicyclic) bond motifs is 3. The molecule has 3 rings (SSSR count).